The van der Waals surface area contributed by atoms with E-state index in [4.69, 9.17) is 0 Å². The Morgan fingerprint density at radius 1 is 0.667 bits per heavy atom. The van der Waals surface area contributed by atoms with E-state index in [0.29, 0.717) is 0 Å². The van der Waals surface area contributed by atoms with Crippen LogP contribution in [0.3, 0.4) is 0 Å². The maximum Gasteiger partial charge on any atom is 0.0717 e. The molecule has 0 aromatic heterocycles. The van der Waals surface area contributed by atoms with Crippen LogP contribution in [0.5, 0.6) is 0 Å². The average molecular weight is 473 g/mol. The van der Waals surface area contributed by atoms with Gasteiger partial charge in [0.15, 0.2) is 0 Å². The van der Waals surface area contributed by atoms with Crippen molar-refractivity contribution in [2.24, 2.45) is 0 Å². The second kappa shape index (κ2) is 12.5. The lowest BCUT2D eigenvalue weighted by atomic mass is 10.3. The predicted octanol–water partition coefficient (Wildman–Crippen LogP) is 9.03. The summed E-state index contributed by atoms with van der Waals surface area (Å²) < 4.78 is 7.90. The van der Waals surface area contributed by atoms with Gasteiger partial charge in [-0.2, -0.15) is 0 Å². The maximum atomic E-state index is 4.51. The number of rotatable bonds is 10. The molecule has 2 rings (SSSR count). The van der Waals surface area contributed by atoms with E-state index < -0.39 is 0 Å². The van der Waals surface area contributed by atoms with Crippen LogP contribution in [-0.2, 0) is 0 Å². The minimum Gasteiger partial charge on any atom is -0.135 e. The molecule has 0 nitrogen and oxygen atoms in total. The molecule has 0 N–H and O–H groups in total. The van der Waals surface area contributed by atoms with Crippen LogP contribution >= 0.6 is 95.8 Å². The minimum atomic E-state index is 1.04. The van der Waals surface area contributed by atoms with E-state index in [1.54, 1.807) is 23.5 Å². The lowest BCUT2D eigenvalue weighted by molar-refractivity contribution is 0.779. The van der Waals surface area contributed by atoms with Crippen LogP contribution in [-0.4, -0.2) is 11.5 Å². The van der Waals surface area contributed by atoms with Crippen LogP contribution in [0.1, 0.15) is 52.4 Å². The first-order valence-corrected chi connectivity index (χ1v) is 14.4. The van der Waals surface area contributed by atoms with Gasteiger partial charge < -0.3 is 0 Å². The number of unbranched alkanes of at least 4 members (excludes halogenated alkanes) is 4. The fraction of sp³-hybridized carbons (Fsp3) is 0.625. The first-order valence-electron chi connectivity index (χ1n) is 8.23. The van der Waals surface area contributed by atoms with E-state index in [0.717, 1.165) is 8.47 Å². The normalized spacial score (nSPS) is 18.5. The third-order valence-corrected chi connectivity index (χ3v) is 13.1. The van der Waals surface area contributed by atoms with Gasteiger partial charge in [-0.3, -0.25) is 0 Å². The van der Waals surface area contributed by atoms with Crippen molar-refractivity contribution in [2.75, 3.05) is 11.5 Å². The van der Waals surface area contributed by atoms with Gasteiger partial charge >= 0.3 is 0 Å². The van der Waals surface area contributed by atoms with Gasteiger partial charge in [-0.25, -0.2) is 0 Å². The highest BCUT2D eigenvalue weighted by molar-refractivity contribution is 8.43. The Kier molecular flexibility index (Phi) is 11.6. The third-order valence-electron chi connectivity index (χ3n) is 3.23. The Hall–Kier alpha value is 2.02. The summed E-state index contributed by atoms with van der Waals surface area (Å²) in [7, 11) is 0. The summed E-state index contributed by atoms with van der Waals surface area (Å²) in [6, 6.07) is 0. The lowest BCUT2D eigenvalue weighted by Crippen LogP contribution is -1.82. The highest BCUT2D eigenvalue weighted by Crippen LogP contribution is 2.64. The quantitative estimate of drug-likeness (QED) is 0.238. The van der Waals surface area contributed by atoms with Gasteiger partial charge in [0.25, 0.3) is 0 Å². The first-order chi connectivity index (χ1) is 11.7. The Labute approximate surface area is 183 Å². The van der Waals surface area contributed by atoms with Crippen molar-refractivity contribution in [1.82, 2.24) is 0 Å². The molecule has 0 saturated carbocycles. The van der Waals surface area contributed by atoms with Gasteiger partial charge in [0, 0.05) is 0 Å². The summed E-state index contributed by atoms with van der Waals surface area (Å²) in [5.41, 5.74) is 0. The van der Waals surface area contributed by atoms with Crippen LogP contribution in [0.2, 0.25) is 0 Å². The summed E-state index contributed by atoms with van der Waals surface area (Å²) in [5.74, 6) is 2.49. The summed E-state index contributed by atoms with van der Waals surface area (Å²) in [6.07, 6.45) is 7.91. The van der Waals surface area contributed by atoms with Gasteiger partial charge in [-0.1, -0.05) is 86.6 Å². The van der Waals surface area contributed by atoms with Crippen LogP contribution in [0, 0.1) is 0 Å². The molecule has 0 radical (unpaired) electrons. The Bertz CT molecular complexity index is 478. The third kappa shape index (κ3) is 7.21. The zero-order valence-electron chi connectivity index (χ0n) is 14.0. The molecule has 0 amide bonds. The molecule has 24 heavy (non-hydrogen) atoms. The van der Waals surface area contributed by atoms with Crippen molar-refractivity contribution in [1.29, 1.82) is 0 Å². The smallest absolute Gasteiger partial charge is 0.0717 e. The van der Waals surface area contributed by atoms with Gasteiger partial charge in [0.2, 0.25) is 0 Å². The van der Waals surface area contributed by atoms with E-state index in [9.17, 15) is 0 Å². The summed E-state index contributed by atoms with van der Waals surface area (Å²) >= 11 is 20.6. The summed E-state index contributed by atoms with van der Waals surface area (Å²) in [4.78, 5) is 0. The predicted molar refractivity (Wildman–Crippen MR) is 133 cm³/mol. The fourth-order valence-electron chi connectivity index (χ4n) is 1.93. The lowest BCUT2D eigenvalue weighted by Gasteiger charge is -2.04. The second-order valence-electron chi connectivity index (χ2n) is 5.28. The van der Waals surface area contributed by atoms with E-state index >= 15 is 0 Å². The number of hydrogen-bond donors (Lipinski definition) is 2. The zero-order valence-corrected chi connectivity index (χ0v) is 20.7. The highest BCUT2D eigenvalue weighted by Gasteiger charge is 2.28. The highest BCUT2D eigenvalue weighted by atomic mass is 32.3. The van der Waals surface area contributed by atoms with Crippen molar-refractivity contribution in [3.63, 3.8) is 0 Å². The summed E-state index contributed by atoms with van der Waals surface area (Å²) in [6.45, 7) is 4.54. The fourth-order valence-corrected chi connectivity index (χ4v) is 11.4. The van der Waals surface area contributed by atoms with E-state index in [1.807, 2.05) is 23.5 Å². The Morgan fingerprint density at radius 2 is 1.08 bits per heavy atom. The molecule has 0 spiro atoms. The number of thioether (sulfide) groups is 6. The topological polar surface area (TPSA) is 0 Å². The number of thiol groups is 2. The first kappa shape index (κ1) is 22.3. The van der Waals surface area contributed by atoms with Crippen molar-refractivity contribution in [3.8, 4) is 0 Å². The van der Waals surface area contributed by atoms with Crippen LogP contribution in [0.15, 0.2) is 25.4 Å². The molecular weight excluding hydrogens is 449 g/mol. The molecule has 136 valence electrons. The van der Waals surface area contributed by atoms with Gasteiger partial charge in [-0.05, 0) is 24.3 Å². The Balaban J connectivity index is 1.95. The zero-order chi connectivity index (χ0) is 17.4. The maximum absolute atomic E-state index is 4.51. The number of hydrogen-bond acceptors (Lipinski definition) is 8. The summed E-state index contributed by atoms with van der Waals surface area (Å²) in [5, 5.41) is 0. The van der Waals surface area contributed by atoms with Gasteiger partial charge in [0.05, 0.1) is 25.4 Å². The molecule has 0 atom stereocenters. The minimum absolute atomic E-state index is 1.04. The monoisotopic (exact) mass is 472 g/mol. The molecule has 0 bridgehead atoms. The molecule has 2 aliphatic heterocycles. The van der Waals surface area contributed by atoms with Crippen LogP contribution in [0.4, 0.5) is 0 Å². The molecule has 0 aromatic rings. The van der Waals surface area contributed by atoms with E-state index in [-0.39, 0.29) is 0 Å². The van der Waals surface area contributed by atoms with Crippen molar-refractivity contribution >= 4 is 95.8 Å². The van der Waals surface area contributed by atoms with Gasteiger partial charge in [0.1, 0.15) is 0 Å². The molecule has 0 saturated heterocycles. The molecule has 0 aromatic carbocycles. The molecular formula is C16H24S8. The molecule has 0 fully saturated rings. The molecule has 2 aliphatic rings. The van der Waals surface area contributed by atoms with Crippen molar-refractivity contribution in [2.45, 2.75) is 52.4 Å². The largest absolute Gasteiger partial charge is 0.135 e. The van der Waals surface area contributed by atoms with E-state index in [2.05, 4.69) is 62.6 Å². The molecule has 8 heteroatoms. The van der Waals surface area contributed by atoms with Crippen LogP contribution in [0.25, 0.3) is 0 Å². The standard InChI is InChI=1S/C16H24S8/c1-3-5-7-9-19-13-14(20-10-8-6-4-2)24-16(23-13)15-21-11(17)12(18)22-15/h17-18H,3-10H2,1-2H3. The molecule has 2 heterocycles. The molecule has 0 aliphatic carbocycles. The SMILES string of the molecule is CCCCCSC1=C(SCCCCC)SC(=C2SC(S)=C(S)S2)S1. The van der Waals surface area contributed by atoms with E-state index in [1.165, 1.54) is 67.0 Å². The average Bonchev–Trinajstić information content (AvgIpc) is 3.12. The van der Waals surface area contributed by atoms with Crippen LogP contribution < -0.4 is 0 Å². The molecule has 0 unspecified atom stereocenters. The Morgan fingerprint density at radius 3 is 1.50 bits per heavy atom. The second-order valence-corrected chi connectivity index (χ2v) is 14.1. The van der Waals surface area contributed by atoms with Crippen molar-refractivity contribution < 1.29 is 0 Å². The van der Waals surface area contributed by atoms with Gasteiger partial charge in [-0.15, -0.1) is 48.8 Å². The van der Waals surface area contributed by atoms with Crippen molar-refractivity contribution in [3.05, 3.63) is 25.4 Å².